The van der Waals surface area contributed by atoms with Gasteiger partial charge in [0.05, 0.1) is 0 Å². The van der Waals surface area contributed by atoms with Crippen LogP contribution < -0.4 is 5.32 Å². The van der Waals surface area contributed by atoms with E-state index >= 15 is 0 Å². The Morgan fingerprint density at radius 3 is 2.53 bits per heavy atom. The molecule has 1 aliphatic carbocycles. The highest BCUT2D eigenvalue weighted by Gasteiger charge is 2.36. The van der Waals surface area contributed by atoms with Gasteiger partial charge in [0.25, 0.3) is 0 Å². The van der Waals surface area contributed by atoms with Crippen molar-refractivity contribution in [3.8, 4) is 0 Å². The van der Waals surface area contributed by atoms with Crippen molar-refractivity contribution in [1.29, 1.82) is 0 Å². The Hall–Kier alpha value is -0.730. The maximum Gasteiger partial charge on any atom is 0.193 e. The van der Waals surface area contributed by atoms with E-state index in [2.05, 4.69) is 36.0 Å². The third-order valence-electron chi connectivity index (χ3n) is 3.61. The van der Waals surface area contributed by atoms with Crippen LogP contribution in [0.2, 0.25) is 0 Å². The largest absolute Gasteiger partial charge is 0.353 e. The van der Waals surface area contributed by atoms with Crippen molar-refractivity contribution < 1.29 is 0 Å². The van der Waals surface area contributed by atoms with E-state index < -0.39 is 0 Å². The van der Waals surface area contributed by atoms with Gasteiger partial charge in [0.2, 0.25) is 0 Å². The number of likely N-dealkylation sites (tertiary alicyclic amines) is 1. The Bertz CT molecular complexity index is 270. The van der Waals surface area contributed by atoms with Crippen LogP contribution in [0.1, 0.15) is 33.6 Å². The third-order valence-corrected chi connectivity index (χ3v) is 3.61. The molecular weight excluding hydrogens is 186 g/mol. The third kappa shape index (κ3) is 2.44. The molecule has 1 saturated carbocycles. The second kappa shape index (κ2) is 3.69. The van der Waals surface area contributed by atoms with Gasteiger partial charge >= 0.3 is 0 Å². The van der Waals surface area contributed by atoms with Crippen LogP contribution in [0.3, 0.4) is 0 Å². The topological polar surface area (TPSA) is 27.6 Å². The van der Waals surface area contributed by atoms with Crippen LogP contribution in [-0.4, -0.2) is 37.0 Å². The summed E-state index contributed by atoms with van der Waals surface area (Å²) in [6.45, 7) is 9.24. The molecule has 2 rings (SSSR count). The minimum Gasteiger partial charge on any atom is -0.353 e. The molecule has 0 amide bonds. The molecular formula is C12H23N3. The molecule has 1 heterocycles. The van der Waals surface area contributed by atoms with Gasteiger partial charge in [-0.2, -0.15) is 0 Å². The van der Waals surface area contributed by atoms with Gasteiger partial charge in [-0.25, -0.2) is 0 Å². The molecule has 2 fully saturated rings. The Kier molecular flexibility index (Phi) is 2.65. The summed E-state index contributed by atoms with van der Waals surface area (Å²) in [4.78, 5) is 6.78. The first kappa shape index (κ1) is 10.8. The minimum absolute atomic E-state index is 0.451. The molecule has 0 bridgehead atoms. The molecule has 2 aliphatic rings. The van der Waals surface area contributed by atoms with Crippen LogP contribution in [0, 0.1) is 11.3 Å². The van der Waals surface area contributed by atoms with Crippen molar-refractivity contribution in [2.45, 2.75) is 39.7 Å². The number of nitrogens with one attached hydrogen (secondary N) is 1. The van der Waals surface area contributed by atoms with Crippen LogP contribution in [0.15, 0.2) is 4.99 Å². The highest BCUT2D eigenvalue weighted by Crippen LogP contribution is 2.31. The predicted molar refractivity (Wildman–Crippen MR) is 64.0 cm³/mol. The number of rotatable bonds is 1. The molecule has 3 heteroatoms. The zero-order valence-electron chi connectivity index (χ0n) is 10.4. The highest BCUT2D eigenvalue weighted by atomic mass is 15.3. The highest BCUT2D eigenvalue weighted by molar-refractivity contribution is 5.80. The van der Waals surface area contributed by atoms with Crippen molar-refractivity contribution in [3.05, 3.63) is 0 Å². The smallest absolute Gasteiger partial charge is 0.193 e. The summed E-state index contributed by atoms with van der Waals surface area (Å²) in [6.07, 6.45) is 2.57. The van der Waals surface area contributed by atoms with Crippen LogP contribution in [0.4, 0.5) is 0 Å². The van der Waals surface area contributed by atoms with Crippen molar-refractivity contribution >= 4 is 5.96 Å². The molecule has 3 nitrogen and oxygen atoms in total. The van der Waals surface area contributed by atoms with E-state index in [1.165, 1.54) is 12.8 Å². The minimum atomic E-state index is 0.451. The van der Waals surface area contributed by atoms with Gasteiger partial charge in [0, 0.05) is 26.2 Å². The summed E-state index contributed by atoms with van der Waals surface area (Å²) >= 11 is 0. The monoisotopic (exact) mass is 209 g/mol. The van der Waals surface area contributed by atoms with Gasteiger partial charge in [0.1, 0.15) is 0 Å². The number of hydrogen-bond acceptors (Lipinski definition) is 1. The Morgan fingerprint density at radius 2 is 2.13 bits per heavy atom. The fourth-order valence-corrected chi connectivity index (χ4v) is 2.28. The number of nitrogens with zero attached hydrogens (tertiary/aromatic N) is 2. The molecule has 15 heavy (non-hydrogen) atoms. The van der Waals surface area contributed by atoms with E-state index in [4.69, 9.17) is 0 Å². The zero-order chi connectivity index (χ0) is 11.1. The summed E-state index contributed by atoms with van der Waals surface area (Å²) in [5.41, 5.74) is 0.451. The Balaban J connectivity index is 1.91. The van der Waals surface area contributed by atoms with E-state index in [-0.39, 0.29) is 0 Å². The first-order chi connectivity index (χ1) is 7.02. The molecule has 86 valence electrons. The van der Waals surface area contributed by atoms with Gasteiger partial charge in [-0.15, -0.1) is 0 Å². The summed E-state index contributed by atoms with van der Waals surface area (Å²) < 4.78 is 0. The molecule has 2 unspecified atom stereocenters. The average Bonchev–Trinajstić information content (AvgIpc) is 2.73. The molecule has 0 aromatic rings. The lowest BCUT2D eigenvalue weighted by atomic mass is 9.93. The zero-order valence-corrected chi connectivity index (χ0v) is 10.4. The van der Waals surface area contributed by atoms with Crippen LogP contribution in [0.5, 0.6) is 0 Å². The number of hydrogen-bond donors (Lipinski definition) is 1. The maximum absolute atomic E-state index is 4.38. The Labute approximate surface area is 92.9 Å². The van der Waals surface area contributed by atoms with Gasteiger partial charge < -0.3 is 10.2 Å². The standard InChI is InChI=1S/C12H23N3/c1-9-7-10(9)14-11(13-4)15-6-5-12(2,3)8-15/h9-10H,5-8H2,1-4H3,(H,13,14). The van der Waals surface area contributed by atoms with E-state index in [1.807, 2.05) is 7.05 Å². The van der Waals surface area contributed by atoms with Gasteiger partial charge in [-0.1, -0.05) is 20.8 Å². The van der Waals surface area contributed by atoms with E-state index in [0.29, 0.717) is 11.5 Å². The molecule has 2 atom stereocenters. The molecule has 1 N–H and O–H groups in total. The molecule has 0 radical (unpaired) electrons. The molecule has 1 saturated heterocycles. The SMILES string of the molecule is CN=C(NC1CC1C)N1CCC(C)(C)C1. The predicted octanol–water partition coefficient (Wildman–Crippen LogP) is 1.70. The first-order valence-corrected chi connectivity index (χ1v) is 6.00. The molecule has 0 spiro atoms. The molecule has 1 aliphatic heterocycles. The average molecular weight is 209 g/mol. The lowest BCUT2D eigenvalue weighted by Gasteiger charge is -2.23. The fourth-order valence-electron chi connectivity index (χ4n) is 2.28. The van der Waals surface area contributed by atoms with E-state index in [9.17, 15) is 0 Å². The second-order valence-electron chi connectivity index (χ2n) is 5.85. The summed E-state index contributed by atoms with van der Waals surface area (Å²) in [5, 5.41) is 3.55. The van der Waals surface area contributed by atoms with Crippen molar-refractivity contribution in [2.24, 2.45) is 16.3 Å². The van der Waals surface area contributed by atoms with E-state index in [1.54, 1.807) is 0 Å². The van der Waals surface area contributed by atoms with Crippen molar-refractivity contribution in [1.82, 2.24) is 10.2 Å². The first-order valence-electron chi connectivity index (χ1n) is 6.00. The number of aliphatic imine (C=N–C) groups is 1. The van der Waals surface area contributed by atoms with Crippen LogP contribution in [0.25, 0.3) is 0 Å². The normalized spacial score (nSPS) is 34.4. The second-order valence-corrected chi connectivity index (χ2v) is 5.85. The van der Waals surface area contributed by atoms with Gasteiger partial charge in [-0.05, 0) is 24.2 Å². The fraction of sp³-hybridized carbons (Fsp3) is 0.917. The maximum atomic E-state index is 4.38. The Morgan fingerprint density at radius 1 is 1.47 bits per heavy atom. The molecule has 0 aromatic heterocycles. The summed E-state index contributed by atoms with van der Waals surface area (Å²) in [6, 6.07) is 0.674. The summed E-state index contributed by atoms with van der Waals surface area (Å²) in [7, 11) is 1.89. The van der Waals surface area contributed by atoms with Crippen molar-refractivity contribution in [2.75, 3.05) is 20.1 Å². The lowest BCUT2D eigenvalue weighted by Crippen LogP contribution is -2.42. The van der Waals surface area contributed by atoms with Gasteiger partial charge in [-0.3, -0.25) is 4.99 Å². The summed E-state index contributed by atoms with van der Waals surface area (Å²) in [5.74, 6) is 1.94. The van der Waals surface area contributed by atoms with E-state index in [0.717, 1.165) is 25.0 Å². The van der Waals surface area contributed by atoms with Gasteiger partial charge in [0.15, 0.2) is 5.96 Å². The lowest BCUT2D eigenvalue weighted by molar-refractivity contribution is 0.369. The van der Waals surface area contributed by atoms with Crippen LogP contribution >= 0.6 is 0 Å². The van der Waals surface area contributed by atoms with Crippen LogP contribution in [-0.2, 0) is 0 Å². The van der Waals surface area contributed by atoms with Crippen molar-refractivity contribution in [3.63, 3.8) is 0 Å². The molecule has 0 aromatic carbocycles. The number of guanidine groups is 1. The quantitative estimate of drug-likeness (QED) is 0.526.